The van der Waals surface area contributed by atoms with Crippen LogP contribution in [0, 0.1) is 0 Å². The van der Waals surface area contributed by atoms with Crippen molar-refractivity contribution in [1.29, 1.82) is 0 Å². The molecule has 3 heteroatoms. The second-order valence-corrected chi connectivity index (χ2v) is 6.12. The van der Waals surface area contributed by atoms with Crippen LogP contribution in [0.15, 0.2) is 18.2 Å². The zero-order chi connectivity index (χ0) is 14.4. The van der Waals surface area contributed by atoms with Crippen LogP contribution in [0.4, 0.5) is 0 Å². The first-order chi connectivity index (χ1) is 9.72. The van der Waals surface area contributed by atoms with E-state index in [1.165, 1.54) is 25.7 Å². The minimum absolute atomic E-state index is 0.0247. The molecule has 1 N–H and O–H groups in total. The van der Waals surface area contributed by atoms with Gasteiger partial charge in [0.2, 0.25) is 0 Å². The van der Waals surface area contributed by atoms with E-state index in [9.17, 15) is 4.79 Å². The molecule has 1 heterocycles. The van der Waals surface area contributed by atoms with Crippen LogP contribution in [0.1, 0.15) is 72.3 Å². The Morgan fingerprint density at radius 1 is 1.25 bits per heavy atom. The lowest BCUT2D eigenvalue weighted by Crippen LogP contribution is -2.31. The van der Waals surface area contributed by atoms with Crippen LogP contribution in [0.2, 0.25) is 0 Å². The Kier molecular flexibility index (Phi) is 5.90. The molecule has 1 aromatic rings. The van der Waals surface area contributed by atoms with Crippen molar-refractivity contribution in [2.24, 2.45) is 0 Å². The van der Waals surface area contributed by atoms with E-state index in [-0.39, 0.29) is 11.3 Å². The molecule has 0 saturated heterocycles. The molecule has 110 valence electrons. The van der Waals surface area contributed by atoms with Crippen molar-refractivity contribution in [3.05, 3.63) is 34.9 Å². The van der Waals surface area contributed by atoms with E-state index in [2.05, 4.69) is 24.4 Å². The number of halogens is 1. The average Bonchev–Trinajstić information content (AvgIpc) is 2.47. The molecule has 0 radical (unpaired) electrons. The van der Waals surface area contributed by atoms with Gasteiger partial charge >= 0.3 is 0 Å². The summed E-state index contributed by atoms with van der Waals surface area (Å²) in [5, 5.41) is 2.91. The maximum Gasteiger partial charge on any atom is 0.251 e. The van der Waals surface area contributed by atoms with E-state index in [0.29, 0.717) is 0 Å². The number of hydrogen-bond acceptors (Lipinski definition) is 1. The fourth-order valence-electron chi connectivity index (χ4n) is 2.72. The molecule has 1 aliphatic rings. The summed E-state index contributed by atoms with van der Waals surface area (Å²) in [7, 11) is 0. The minimum atomic E-state index is 0.0247. The van der Waals surface area contributed by atoms with Crippen LogP contribution < -0.4 is 5.32 Å². The highest BCUT2D eigenvalue weighted by atomic mass is 35.5. The molecule has 1 aliphatic heterocycles. The first-order valence-corrected chi connectivity index (χ1v) is 8.21. The molecule has 0 fully saturated rings. The largest absolute Gasteiger partial charge is 0.352 e. The van der Waals surface area contributed by atoms with Crippen LogP contribution in [0.3, 0.4) is 0 Å². The molecule has 0 spiro atoms. The van der Waals surface area contributed by atoms with Gasteiger partial charge < -0.3 is 5.32 Å². The first-order valence-electron chi connectivity index (χ1n) is 7.77. The van der Waals surface area contributed by atoms with Gasteiger partial charge in [-0.05, 0) is 30.0 Å². The zero-order valence-corrected chi connectivity index (χ0v) is 13.0. The monoisotopic (exact) mass is 293 g/mol. The smallest absolute Gasteiger partial charge is 0.251 e. The molecular formula is C17H24ClNO. The highest BCUT2D eigenvalue weighted by Gasteiger charge is 2.18. The average molecular weight is 294 g/mol. The number of carbonyl (C=O) groups excluding carboxylic acids is 1. The zero-order valence-electron chi connectivity index (χ0n) is 12.3. The predicted molar refractivity (Wildman–Crippen MR) is 84.4 cm³/mol. The normalized spacial score (nSPS) is 15.6. The van der Waals surface area contributed by atoms with Gasteiger partial charge in [-0.15, -0.1) is 11.6 Å². The van der Waals surface area contributed by atoms with Crippen LogP contribution in [0.5, 0.6) is 0 Å². The summed E-state index contributed by atoms with van der Waals surface area (Å²) >= 11 is 6.48. The summed E-state index contributed by atoms with van der Waals surface area (Å²) in [4.78, 5) is 11.8. The van der Waals surface area contributed by atoms with Gasteiger partial charge in [-0.1, -0.05) is 51.2 Å². The summed E-state index contributed by atoms with van der Waals surface area (Å²) < 4.78 is 0. The van der Waals surface area contributed by atoms with Gasteiger partial charge in [0.1, 0.15) is 0 Å². The summed E-state index contributed by atoms with van der Waals surface area (Å²) in [5.41, 5.74) is 3.03. The molecule has 2 nitrogen and oxygen atoms in total. The van der Waals surface area contributed by atoms with Crippen molar-refractivity contribution in [1.82, 2.24) is 5.32 Å². The Bertz CT molecular complexity index is 458. The Morgan fingerprint density at radius 3 is 2.85 bits per heavy atom. The molecule has 1 aromatic carbocycles. The molecule has 1 unspecified atom stereocenters. The summed E-state index contributed by atoms with van der Waals surface area (Å²) in [6.07, 6.45) is 8.21. The molecule has 20 heavy (non-hydrogen) atoms. The van der Waals surface area contributed by atoms with Crippen molar-refractivity contribution < 1.29 is 4.79 Å². The van der Waals surface area contributed by atoms with E-state index < -0.39 is 0 Å². The lowest BCUT2D eigenvalue weighted by atomic mass is 9.95. The molecule has 0 aliphatic carbocycles. The van der Waals surface area contributed by atoms with Gasteiger partial charge in [-0.3, -0.25) is 4.79 Å². The second-order valence-electron chi connectivity index (χ2n) is 5.59. The quantitative estimate of drug-likeness (QED) is 0.577. The number of unbranched alkanes of at least 4 members (excludes halogenated alkanes) is 4. The third-order valence-corrected chi connectivity index (χ3v) is 4.45. The molecule has 0 aromatic heterocycles. The molecule has 1 atom stereocenters. The Morgan fingerprint density at radius 2 is 2.05 bits per heavy atom. The van der Waals surface area contributed by atoms with Crippen molar-refractivity contribution >= 4 is 17.5 Å². The standard InChI is InChI=1S/C17H24ClNO/c1-2-3-4-5-6-7-16(18)14-9-8-13-10-11-19-17(20)15(13)12-14/h8-9,12,16H,2-7,10-11H2,1H3,(H,19,20). The fourth-order valence-corrected chi connectivity index (χ4v) is 3.01. The van der Waals surface area contributed by atoms with Crippen molar-refractivity contribution in [3.8, 4) is 0 Å². The highest BCUT2D eigenvalue weighted by molar-refractivity contribution is 6.20. The van der Waals surface area contributed by atoms with Crippen LogP contribution >= 0.6 is 11.6 Å². The van der Waals surface area contributed by atoms with Crippen molar-refractivity contribution in [3.63, 3.8) is 0 Å². The minimum Gasteiger partial charge on any atom is -0.352 e. The van der Waals surface area contributed by atoms with Gasteiger partial charge in [0, 0.05) is 12.1 Å². The van der Waals surface area contributed by atoms with Gasteiger partial charge in [0.25, 0.3) is 5.91 Å². The topological polar surface area (TPSA) is 29.1 Å². The molecule has 0 saturated carbocycles. The summed E-state index contributed by atoms with van der Waals surface area (Å²) in [5.74, 6) is 0.0416. The van der Waals surface area contributed by atoms with Gasteiger partial charge in [-0.25, -0.2) is 0 Å². The lowest BCUT2D eigenvalue weighted by molar-refractivity contribution is 0.0946. The molecule has 0 bridgehead atoms. The van der Waals surface area contributed by atoms with Gasteiger partial charge in [-0.2, -0.15) is 0 Å². The summed E-state index contributed by atoms with van der Waals surface area (Å²) in [6.45, 7) is 2.97. The van der Waals surface area contributed by atoms with Crippen molar-refractivity contribution in [2.45, 2.75) is 57.2 Å². The number of rotatable bonds is 7. The fraction of sp³-hybridized carbons (Fsp3) is 0.588. The van der Waals surface area contributed by atoms with Crippen LogP contribution in [-0.4, -0.2) is 12.5 Å². The number of nitrogens with one attached hydrogen (secondary N) is 1. The maximum absolute atomic E-state index is 11.8. The van der Waals surface area contributed by atoms with Crippen LogP contribution in [-0.2, 0) is 6.42 Å². The Balaban J connectivity index is 1.91. The second kappa shape index (κ2) is 7.68. The third-order valence-electron chi connectivity index (χ3n) is 3.98. The Labute approximate surface area is 126 Å². The summed E-state index contributed by atoms with van der Waals surface area (Å²) in [6, 6.07) is 6.13. The van der Waals surface area contributed by atoms with Gasteiger partial charge in [0.15, 0.2) is 0 Å². The Hall–Kier alpha value is -1.02. The van der Waals surface area contributed by atoms with Crippen molar-refractivity contribution in [2.75, 3.05) is 6.54 Å². The molecule has 2 rings (SSSR count). The third kappa shape index (κ3) is 3.99. The lowest BCUT2D eigenvalue weighted by Gasteiger charge is -2.18. The van der Waals surface area contributed by atoms with E-state index in [0.717, 1.165) is 42.5 Å². The molecular weight excluding hydrogens is 270 g/mol. The number of amides is 1. The van der Waals surface area contributed by atoms with Crippen LogP contribution in [0.25, 0.3) is 0 Å². The van der Waals surface area contributed by atoms with E-state index in [1.807, 2.05) is 6.07 Å². The number of hydrogen-bond donors (Lipinski definition) is 1. The van der Waals surface area contributed by atoms with E-state index >= 15 is 0 Å². The van der Waals surface area contributed by atoms with Gasteiger partial charge in [0.05, 0.1) is 5.38 Å². The number of fused-ring (bicyclic) bond motifs is 1. The predicted octanol–water partition coefficient (Wildman–Crippen LogP) is 4.61. The van der Waals surface area contributed by atoms with E-state index in [4.69, 9.17) is 11.6 Å². The van der Waals surface area contributed by atoms with E-state index in [1.54, 1.807) is 0 Å². The maximum atomic E-state index is 11.8. The number of alkyl halides is 1. The number of carbonyl (C=O) groups is 1. The highest BCUT2D eigenvalue weighted by Crippen LogP contribution is 2.29. The first kappa shape index (κ1) is 15.4. The number of benzene rings is 1. The molecule has 1 amide bonds. The SMILES string of the molecule is CCCCCCCC(Cl)c1ccc2c(c1)C(=O)NCC2.